The van der Waals surface area contributed by atoms with Gasteiger partial charge in [0, 0.05) is 19.0 Å². The Morgan fingerprint density at radius 1 is 1.07 bits per heavy atom. The van der Waals surface area contributed by atoms with Gasteiger partial charge in [0.25, 0.3) is 5.91 Å². The number of ether oxygens (including phenoxy) is 3. The second kappa shape index (κ2) is 7.51. The standard InChI is InChI=1S/C22H25NO4/c1-25-20-10-15-8-9-16-12-23(13-19(16)18(15)11-21(20)26-2)22(24)14-27-17-6-4-3-5-7-17/h3-7,10-11,16,19H,8-9,12-14H2,1-2H3. The van der Waals surface area contributed by atoms with Crippen LogP contribution in [0.2, 0.25) is 0 Å². The number of fused-ring (bicyclic) bond motifs is 3. The highest BCUT2D eigenvalue weighted by Crippen LogP contribution is 2.45. The van der Waals surface area contributed by atoms with Gasteiger partial charge in [0.05, 0.1) is 14.2 Å². The minimum absolute atomic E-state index is 0.0512. The summed E-state index contributed by atoms with van der Waals surface area (Å²) in [6.07, 6.45) is 2.11. The zero-order valence-electron chi connectivity index (χ0n) is 15.8. The van der Waals surface area contributed by atoms with Crippen LogP contribution in [0.3, 0.4) is 0 Å². The van der Waals surface area contributed by atoms with Gasteiger partial charge in [0.1, 0.15) is 5.75 Å². The molecule has 1 saturated heterocycles. The molecule has 142 valence electrons. The van der Waals surface area contributed by atoms with E-state index in [9.17, 15) is 4.79 Å². The lowest BCUT2D eigenvalue weighted by atomic mass is 9.77. The smallest absolute Gasteiger partial charge is 0.260 e. The third-order valence-corrected chi connectivity index (χ3v) is 5.73. The zero-order valence-corrected chi connectivity index (χ0v) is 15.8. The van der Waals surface area contributed by atoms with Crippen molar-refractivity contribution in [3.05, 3.63) is 53.6 Å². The number of nitrogens with zero attached hydrogens (tertiary/aromatic N) is 1. The number of carbonyl (C=O) groups excluding carboxylic acids is 1. The number of aryl methyl sites for hydroxylation is 1. The zero-order chi connectivity index (χ0) is 18.8. The average molecular weight is 367 g/mol. The maximum Gasteiger partial charge on any atom is 0.260 e. The number of methoxy groups -OCH3 is 2. The Morgan fingerprint density at radius 2 is 1.81 bits per heavy atom. The molecule has 2 aromatic rings. The maximum absolute atomic E-state index is 12.7. The first-order valence-electron chi connectivity index (χ1n) is 9.40. The summed E-state index contributed by atoms with van der Waals surface area (Å²) in [7, 11) is 3.33. The van der Waals surface area contributed by atoms with Crippen LogP contribution in [0, 0.1) is 5.92 Å². The predicted molar refractivity (Wildman–Crippen MR) is 103 cm³/mol. The van der Waals surface area contributed by atoms with Crippen molar-refractivity contribution < 1.29 is 19.0 Å². The van der Waals surface area contributed by atoms with E-state index < -0.39 is 0 Å². The van der Waals surface area contributed by atoms with Gasteiger partial charge in [-0.25, -0.2) is 0 Å². The molecule has 2 unspecified atom stereocenters. The minimum atomic E-state index is 0.0512. The van der Waals surface area contributed by atoms with Crippen LogP contribution < -0.4 is 14.2 Å². The van der Waals surface area contributed by atoms with Crippen LogP contribution >= 0.6 is 0 Å². The number of para-hydroxylation sites is 1. The summed E-state index contributed by atoms with van der Waals surface area (Å²) in [6.45, 7) is 1.63. The highest BCUT2D eigenvalue weighted by Gasteiger charge is 2.39. The second-order valence-electron chi connectivity index (χ2n) is 7.21. The number of hydrogen-bond acceptors (Lipinski definition) is 4. The third kappa shape index (κ3) is 3.46. The number of benzene rings is 2. The van der Waals surface area contributed by atoms with E-state index in [4.69, 9.17) is 14.2 Å². The van der Waals surface area contributed by atoms with Crippen LogP contribution in [0.1, 0.15) is 23.5 Å². The molecule has 2 atom stereocenters. The SMILES string of the molecule is COc1cc2c(cc1OC)C1CN(C(=O)COc3ccccc3)CC1CC2. The number of rotatable bonds is 5. The van der Waals surface area contributed by atoms with Crippen molar-refractivity contribution in [3.8, 4) is 17.2 Å². The fraction of sp³-hybridized carbons (Fsp3) is 0.409. The lowest BCUT2D eigenvalue weighted by Gasteiger charge is -2.28. The lowest BCUT2D eigenvalue weighted by Crippen LogP contribution is -2.33. The Bertz CT molecular complexity index is 821. The molecule has 0 N–H and O–H groups in total. The normalized spacial score (nSPS) is 20.6. The van der Waals surface area contributed by atoms with Crippen molar-refractivity contribution in [2.75, 3.05) is 33.9 Å². The summed E-state index contributed by atoms with van der Waals surface area (Å²) < 4.78 is 16.6. The number of carbonyl (C=O) groups is 1. The lowest BCUT2D eigenvalue weighted by molar-refractivity contribution is -0.132. The van der Waals surface area contributed by atoms with Gasteiger partial charge in [0.2, 0.25) is 0 Å². The van der Waals surface area contributed by atoms with Gasteiger partial charge in [-0.2, -0.15) is 0 Å². The summed E-state index contributed by atoms with van der Waals surface area (Å²) in [5.74, 6) is 3.16. The molecule has 0 bridgehead atoms. The van der Waals surface area contributed by atoms with Crippen LogP contribution in [-0.2, 0) is 11.2 Å². The van der Waals surface area contributed by atoms with Crippen LogP contribution in [0.15, 0.2) is 42.5 Å². The molecule has 0 spiro atoms. The van der Waals surface area contributed by atoms with E-state index in [0.29, 0.717) is 11.8 Å². The topological polar surface area (TPSA) is 48.0 Å². The molecule has 27 heavy (non-hydrogen) atoms. The number of amides is 1. The summed E-state index contributed by atoms with van der Waals surface area (Å²) in [5.41, 5.74) is 2.60. The molecule has 1 aliphatic carbocycles. The first-order valence-corrected chi connectivity index (χ1v) is 9.40. The van der Waals surface area contributed by atoms with Crippen LogP contribution in [0.4, 0.5) is 0 Å². The van der Waals surface area contributed by atoms with E-state index in [2.05, 4.69) is 12.1 Å². The Morgan fingerprint density at radius 3 is 2.56 bits per heavy atom. The average Bonchev–Trinajstić information content (AvgIpc) is 3.16. The monoisotopic (exact) mass is 367 g/mol. The Labute approximate surface area is 159 Å². The first-order chi connectivity index (χ1) is 13.2. The molecular weight excluding hydrogens is 342 g/mol. The summed E-state index contributed by atoms with van der Waals surface area (Å²) >= 11 is 0. The molecule has 5 heteroatoms. The van der Waals surface area contributed by atoms with Gasteiger partial charge in [-0.15, -0.1) is 0 Å². The van der Waals surface area contributed by atoms with Crippen molar-refractivity contribution in [1.29, 1.82) is 0 Å². The fourth-order valence-corrected chi connectivity index (χ4v) is 4.31. The highest BCUT2D eigenvalue weighted by molar-refractivity contribution is 5.78. The maximum atomic E-state index is 12.7. The van der Waals surface area contributed by atoms with Gasteiger partial charge in [-0.05, 0) is 54.2 Å². The van der Waals surface area contributed by atoms with Crippen molar-refractivity contribution in [1.82, 2.24) is 4.90 Å². The van der Waals surface area contributed by atoms with Crippen molar-refractivity contribution in [3.63, 3.8) is 0 Å². The molecule has 2 aliphatic rings. The molecule has 1 aliphatic heterocycles. The molecule has 0 radical (unpaired) electrons. The molecule has 0 aromatic heterocycles. The van der Waals surface area contributed by atoms with Crippen LogP contribution in [0.25, 0.3) is 0 Å². The highest BCUT2D eigenvalue weighted by atomic mass is 16.5. The largest absolute Gasteiger partial charge is 0.493 e. The van der Waals surface area contributed by atoms with Crippen molar-refractivity contribution >= 4 is 5.91 Å². The molecule has 4 rings (SSSR count). The summed E-state index contributed by atoms with van der Waals surface area (Å²) in [4.78, 5) is 14.6. The summed E-state index contributed by atoms with van der Waals surface area (Å²) in [5, 5.41) is 0. The van der Waals surface area contributed by atoms with E-state index in [1.165, 1.54) is 11.1 Å². The Kier molecular flexibility index (Phi) is 4.92. The van der Waals surface area contributed by atoms with Crippen LogP contribution in [0.5, 0.6) is 17.2 Å². The Balaban J connectivity index is 1.47. The van der Waals surface area contributed by atoms with Crippen molar-refractivity contribution in [2.45, 2.75) is 18.8 Å². The van der Waals surface area contributed by atoms with E-state index >= 15 is 0 Å². The Hall–Kier alpha value is -2.69. The fourth-order valence-electron chi connectivity index (χ4n) is 4.31. The molecule has 0 saturated carbocycles. The van der Waals surface area contributed by atoms with Gasteiger partial charge >= 0.3 is 0 Å². The molecule has 1 fully saturated rings. The molecule has 5 nitrogen and oxygen atoms in total. The van der Waals surface area contributed by atoms with E-state index in [0.717, 1.165) is 43.2 Å². The summed E-state index contributed by atoms with van der Waals surface area (Å²) in [6, 6.07) is 13.7. The number of hydrogen-bond donors (Lipinski definition) is 0. The van der Waals surface area contributed by atoms with Gasteiger partial charge in [0.15, 0.2) is 18.1 Å². The molecule has 1 heterocycles. The van der Waals surface area contributed by atoms with Gasteiger partial charge in [-0.1, -0.05) is 18.2 Å². The predicted octanol–water partition coefficient (Wildman–Crippen LogP) is 3.27. The van der Waals surface area contributed by atoms with Gasteiger partial charge < -0.3 is 19.1 Å². The van der Waals surface area contributed by atoms with Gasteiger partial charge in [-0.3, -0.25) is 4.79 Å². The van der Waals surface area contributed by atoms with Crippen molar-refractivity contribution in [2.24, 2.45) is 5.92 Å². The molecule has 2 aromatic carbocycles. The minimum Gasteiger partial charge on any atom is -0.493 e. The molecular formula is C22H25NO4. The van der Waals surface area contributed by atoms with E-state index in [-0.39, 0.29) is 12.5 Å². The third-order valence-electron chi connectivity index (χ3n) is 5.73. The van der Waals surface area contributed by atoms with Crippen LogP contribution in [-0.4, -0.2) is 44.7 Å². The quantitative estimate of drug-likeness (QED) is 0.814. The molecule has 1 amide bonds. The van der Waals surface area contributed by atoms with E-state index in [1.54, 1.807) is 14.2 Å². The second-order valence-corrected chi connectivity index (χ2v) is 7.21. The van der Waals surface area contributed by atoms with E-state index in [1.807, 2.05) is 35.2 Å². The number of likely N-dealkylation sites (tertiary alicyclic amines) is 1. The first kappa shape index (κ1) is 17.7.